The van der Waals surface area contributed by atoms with Crippen LogP contribution in [0.4, 0.5) is 0 Å². The lowest BCUT2D eigenvalue weighted by Crippen LogP contribution is -1.95. The first-order valence-corrected chi connectivity index (χ1v) is 9.23. The Balaban J connectivity index is 1.48. The van der Waals surface area contributed by atoms with Crippen molar-refractivity contribution in [1.29, 1.82) is 0 Å². The average molecular weight is 354 g/mol. The zero-order chi connectivity index (χ0) is 16.4. The van der Waals surface area contributed by atoms with Crippen LogP contribution in [0.3, 0.4) is 0 Å². The molecule has 1 aromatic carbocycles. The molecule has 0 aliphatic heterocycles. The number of aromatic nitrogens is 4. The van der Waals surface area contributed by atoms with E-state index in [1.165, 1.54) is 0 Å². The molecule has 0 spiro atoms. The number of thioether (sulfide) groups is 1. The van der Waals surface area contributed by atoms with Crippen molar-refractivity contribution in [3.63, 3.8) is 0 Å². The fourth-order valence-electron chi connectivity index (χ4n) is 2.30. The Morgan fingerprint density at radius 1 is 1.12 bits per heavy atom. The maximum absolute atomic E-state index is 5.55. The van der Waals surface area contributed by atoms with Gasteiger partial charge in [-0.05, 0) is 11.4 Å². The summed E-state index contributed by atoms with van der Waals surface area (Å²) in [4.78, 5) is 5.57. The Hall–Kier alpha value is -2.38. The van der Waals surface area contributed by atoms with Crippen molar-refractivity contribution in [2.45, 2.75) is 10.9 Å². The van der Waals surface area contributed by atoms with Crippen LogP contribution in [0.1, 0.15) is 5.69 Å². The van der Waals surface area contributed by atoms with Gasteiger partial charge in [-0.1, -0.05) is 48.2 Å². The van der Waals surface area contributed by atoms with Gasteiger partial charge in [-0.25, -0.2) is 4.98 Å². The Morgan fingerprint density at radius 3 is 2.79 bits per heavy atom. The van der Waals surface area contributed by atoms with Crippen LogP contribution in [0.2, 0.25) is 0 Å². The molecule has 0 aliphatic rings. The van der Waals surface area contributed by atoms with Gasteiger partial charge in [-0.2, -0.15) is 0 Å². The molecule has 0 radical (unpaired) electrons. The molecule has 3 aromatic heterocycles. The van der Waals surface area contributed by atoms with E-state index < -0.39 is 0 Å². The monoisotopic (exact) mass is 354 g/mol. The summed E-state index contributed by atoms with van der Waals surface area (Å²) in [6, 6.07) is 14.0. The van der Waals surface area contributed by atoms with Crippen molar-refractivity contribution in [2.24, 2.45) is 7.05 Å². The fraction of sp³-hybridized carbons (Fsp3) is 0.118. The molecule has 0 saturated heterocycles. The summed E-state index contributed by atoms with van der Waals surface area (Å²) < 4.78 is 7.55. The van der Waals surface area contributed by atoms with Gasteiger partial charge in [-0.15, -0.1) is 21.5 Å². The van der Waals surface area contributed by atoms with E-state index in [4.69, 9.17) is 4.42 Å². The number of rotatable bonds is 5. The second kappa shape index (κ2) is 6.62. The Bertz CT molecular complexity index is 929. The molecular weight excluding hydrogens is 340 g/mol. The zero-order valence-corrected chi connectivity index (χ0v) is 14.5. The van der Waals surface area contributed by atoms with E-state index in [0.29, 0.717) is 11.6 Å². The molecule has 0 N–H and O–H groups in total. The topological polar surface area (TPSA) is 56.7 Å². The van der Waals surface area contributed by atoms with E-state index in [1.54, 1.807) is 29.4 Å². The molecule has 7 heteroatoms. The highest BCUT2D eigenvalue weighted by molar-refractivity contribution is 7.98. The van der Waals surface area contributed by atoms with Crippen molar-refractivity contribution < 1.29 is 4.42 Å². The summed E-state index contributed by atoms with van der Waals surface area (Å²) in [5.74, 6) is 2.22. The predicted octanol–water partition coefficient (Wildman–Crippen LogP) is 4.49. The Kier molecular flexibility index (Phi) is 4.18. The summed E-state index contributed by atoms with van der Waals surface area (Å²) >= 11 is 3.21. The number of thiophene rings is 1. The molecule has 0 bridgehead atoms. The van der Waals surface area contributed by atoms with Gasteiger partial charge in [0.1, 0.15) is 6.26 Å². The van der Waals surface area contributed by atoms with Gasteiger partial charge in [0.15, 0.2) is 11.0 Å². The van der Waals surface area contributed by atoms with Crippen LogP contribution in [-0.2, 0) is 12.8 Å². The number of oxazole rings is 1. The number of benzene rings is 1. The van der Waals surface area contributed by atoms with Crippen LogP contribution in [0, 0.1) is 0 Å². The minimum Gasteiger partial charge on any atom is -0.444 e. The average Bonchev–Trinajstić information content (AvgIpc) is 3.35. The number of nitrogens with zero attached hydrogens (tertiary/aromatic N) is 4. The molecule has 120 valence electrons. The predicted molar refractivity (Wildman–Crippen MR) is 95.8 cm³/mol. The van der Waals surface area contributed by atoms with Gasteiger partial charge in [-0.3, -0.25) is 0 Å². The van der Waals surface area contributed by atoms with Gasteiger partial charge in [0.05, 0.1) is 10.6 Å². The fourth-order valence-corrected chi connectivity index (χ4v) is 3.75. The Morgan fingerprint density at radius 2 is 2.00 bits per heavy atom. The van der Waals surface area contributed by atoms with Gasteiger partial charge < -0.3 is 8.98 Å². The minimum absolute atomic E-state index is 0.670. The van der Waals surface area contributed by atoms with Crippen LogP contribution >= 0.6 is 23.1 Å². The van der Waals surface area contributed by atoms with Crippen molar-refractivity contribution in [2.75, 3.05) is 0 Å². The van der Waals surface area contributed by atoms with E-state index in [-0.39, 0.29) is 0 Å². The minimum atomic E-state index is 0.670. The first-order valence-electron chi connectivity index (χ1n) is 7.37. The SMILES string of the molecule is Cn1c(SCc2coc(-c3cccs3)n2)nnc1-c1ccccc1. The van der Waals surface area contributed by atoms with E-state index in [0.717, 1.165) is 27.1 Å². The molecule has 4 aromatic rings. The summed E-state index contributed by atoms with van der Waals surface area (Å²) in [6.45, 7) is 0. The zero-order valence-electron chi connectivity index (χ0n) is 12.9. The molecule has 3 heterocycles. The molecule has 24 heavy (non-hydrogen) atoms. The molecule has 0 amide bonds. The van der Waals surface area contributed by atoms with Crippen molar-refractivity contribution in [3.8, 4) is 22.2 Å². The van der Waals surface area contributed by atoms with Crippen LogP contribution < -0.4 is 0 Å². The highest BCUT2D eigenvalue weighted by Crippen LogP contribution is 2.27. The lowest BCUT2D eigenvalue weighted by molar-refractivity contribution is 0.575. The van der Waals surface area contributed by atoms with Crippen molar-refractivity contribution >= 4 is 23.1 Å². The van der Waals surface area contributed by atoms with Crippen molar-refractivity contribution in [3.05, 3.63) is 59.8 Å². The van der Waals surface area contributed by atoms with E-state index >= 15 is 0 Å². The quantitative estimate of drug-likeness (QED) is 0.494. The molecule has 0 fully saturated rings. The highest BCUT2D eigenvalue weighted by atomic mass is 32.2. The summed E-state index contributed by atoms with van der Waals surface area (Å²) in [7, 11) is 1.98. The van der Waals surface area contributed by atoms with Gasteiger partial charge in [0.2, 0.25) is 5.89 Å². The number of hydrogen-bond acceptors (Lipinski definition) is 6. The normalized spacial score (nSPS) is 11.0. The van der Waals surface area contributed by atoms with E-state index in [1.807, 2.05) is 59.5 Å². The van der Waals surface area contributed by atoms with E-state index in [2.05, 4.69) is 15.2 Å². The molecule has 0 saturated carbocycles. The van der Waals surface area contributed by atoms with Crippen LogP contribution in [0.25, 0.3) is 22.2 Å². The third-order valence-electron chi connectivity index (χ3n) is 3.50. The maximum atomic E-state index is 5.55. The molecule has 0 atom stereocenters. The smallest absolute Gasteiger partial charge is 0.236 e. The molecule has 5 nitrogen and oxygen atoms in total. The highest BCUT2D eigenvalue weighted by Gasteiger charge is 2.13. The first kappa shape index (κ1) is 15.2. The van der Waals surface area contributed by atoms with Crippen LogP contribution in [0.5, 0.6) is 0 Å². The summed E-state index contributed by atoms with van der Waals surface area (Å²) in [6.07, 6.45) is 1.70. The lowest BCUT2D eigenvalue weighted by atomic mass is 10.2. The van der Waals surface area contributed by atoms with Gasteiger partial charge in [0.25, 0.3) is 0 Å². The standard InChI is InChI=1S/C17H14N4OS2/c1-21-15(12-6-3-2-4-7-12)19-20-17(21)24-11-13-10-22-16(18-13)14-8-5-9-23-14/h2-10H,11H2,1H3. The lowest BCUT2D eigenvalue weighted by Gasteiger charge is -2.02. The molecule has 0 unspecified atom stereocenters. The number of hydrogen-bond donors (Lipinski definition) is 0. The first-order chi connectivity index (χ1) is 11.8. The largest absolute Gasteiger partial charge is 0.444 e. The third kappa shape index (κ3) is 3.00. The summed E-state index contributed by atoms with van der Waals surface area (Å²) in [5, 5.41) is 11.4. The second-order valence-electron chi connectivity index (χ2n) is 5.14. The maximum Gasteiger partial charge on any atom is 0.236 e. The Labute approximate surface area is 147 Å². The summed E-state index contributed by atoms with van der Waals surface area (Å²) in [5.41, 5.74) is 1.95. The van der Waals surface area contributed by atoms with Gasteiger partial charge >= 0.3 is 0 Å². The van der Waals surface area contributed by atoms with Crippen LogP contribution in [-0.4, -0.2) is 19.7 Å². The van der Waals surface area contributed by atoms with E-state index in [9.17, 15) is 0 Å². The molecular formula is C17H14N4OS2. The van der Waals surface area contributed by atoms with Gasteiger partial charge in [0, 0.05) is 18.4 Å². The molecule has 0 aliphatic carbocycles. The third-order valence-corrected chi connectivity index (χ3v) is 5.41. The molecule has 4 rings (SSSR count). The van der Waals surface area contributed by atoms with Crippen LogP contribution in [0.15, 0.2) is 63.7 Å². The van der Waals surface area contributed by atoms with Crippen molar-refractivity contribution in [1.82, 2.24) is 19.7 Å². The second-order valence-corrected chi connectivity index (χ2v) is 7.03.